The zero-order valence-corrected chi connectivity index (χ0v) is 28.3. The van der Waals surface area contributed by atoms with E-state index in [9.17, 15) is 13.6 Å². The minimum atomic E-state index is -2.99. The molecule has 1 aliphatic rings. The number of alkyl halides is 2. The van der Waals surface area contributed by atoms with E-state index >= 15 is 0 Å². The van der Waals surface area contributed by atoms with Gasteiger partial charge in [-0.05, 0) is 37.2 Å². The van der Waals surface area contributed by atoms with Gasteiger partial charge in [-0.1, -0.05) is 40.4 Å². The largest absolute Gasteiger partial charge is 0.435 e. The van der Waals surface area contributed by atoms with Crippen LogP contribution in [0.4, 0.5) is 8.78 Å². The molecule has 5 rings (SSSR count). The Balaban J connectivity index is 1.60. The van der Waals surface area contributed by atoms with Crippen molar-refractivity contribution in [3.8, 4) is 23.2 Å². The maximum Gasteiger partial charge on any atom is 0.387 e. The summed E-state index contributed by atoms with van der Waals surface area (Å²) in [5.74, 6) is -0.578. The molecule has 246 valence electrons. The summed E-state index contributed by atoms with van der Waals surface area (Å²) in [5.41, 5.74) is 8.49. The van der Waals surface area contributed by atoms with Crippen molar-refractivity contribution in [1.82, 2.24) is 29.2 Å². The molecule has 1 saturated heterocycles. The fourth-order valence-electron chi connectivity index (χ4n) is 5.55. The second-order valence-corrected chi connectivity index (χ2v) is 19.8. The van der Waals surface area contributed by atoms with Crippen molar-refractivity contribution >= 4 is 36.0 Å². The van der Waals surface area contributed by atoms with Crippen LogP contribution in [0.1, 0.15) is 43.2 Å². The normalized spacial score (nSPS) is 14.7. The number of fused-ring (bicyclic) bond motifs is 2. The van der Waals surface area contributed by atoms with Crippen molar-refractivity contribution in [3.63, 3.8) is 0 Å². The number of halogens is 2. The van der Waals surface area contributed by atoms with E-state index in [4.69, 9.17) is 35.5 Å². The number of nitrogens with two attached hydrogens (primary N) is 1. The molecule has 46 heavy (non-hydrogen) atoms. The number of ether oxygens (including phenoxy) is 2. The molecule has 0 aliphatic carbocycles. The van der Waals surface area contributed by atoms with Crippen LogP contribution in [0.3, 0.4) is 0 Å². The number of rotatable bonds is 13. The van der Waals surface area contributed by atoms with Gasteiger partial charge in [-0.2, -0.15) is 19.1 Å². The van der Waals surface area contributed by atoms with Crippen molar-refractivity contribution in [2.24, 2.45) is 11.7 Å². The number of carbonyl (C=O) groups is 1. The summed E-state index contributed by atoms with van der Waals surface area (Å²) in [7, 11) is -1.30. The molecule has 4 aromatic rings. The Hall–Kier alpha value is -3.93. The molecule has 1 fully saturated rings. The van der Waals surface area contributed by atoms with Crippen molar-refractivity contribution in [1.29, 1.82) is 5.26 Å². The quantitative estimate of drug-likeness (QED) is 0.146. The monoisotopic (exact) mass is 652 g/mol. The standard InChI is InChI=1S/C32H42F2N8O3Si/c1-32(2,3)28-27(37-26-23(29(36)43)18-41(30(26)38-28)19-44-12-13-46(4,5)6)25-22-14-21(45-31(33)34)8-9-24(22)42(39-25)11-7-10-40-16-20(15-35)17-40/h8-9,14,18,20,31H,7,10-13,16-17,19H2,1-6H3,(H2,36,43). The van der Waals surface area contributed by atoms with Gasteiger partial charge in [0.2, 0.25) is 0 Å². The van der Waals surface area contributed by atoms with Crippen LogP contribution < -0.4 is 10.5 Å². The smallest absolute Gasteiger partial charge is 0.387 e. The minimum Gasteiger partial charge on any atom is -0.435 e. The van der Waals surface area contributed by atoms with Gasteiger partial charge < -0.3 is 24.7 Å². The number of aromatic nitrogens is 5. The Morgan fingerprint density at radius 3 is 2.54 bits per heavy atom. The zero-order chi connectivity index (χ0) is 33.4. The molecule has 11 nitrogen and oxygen atoms in total. The highest BCUT2D eigenvalue weighted by molar-refractivity contribution is 6.76. The van der Waals surface area contributed by atoms with E-state index in [-0.39, 0.29) is 24.0 Å². The van der Waals surface area contributed by atoms with Crippen LogP contribution >= 0.6 is 0 Å². The summed E-state index contributed by atoms with van der Waals surface area (Å²) in [4.78, 5) is 24.9. The van der Waals surface area contributed by atoms with E-state index in [2.05, 4.69) is 30.6 Å². The number of benzene rings is 1. The molecular weight excluding hydrogens is 610 g/mol. The second kappa shape index (κ2) is 13.1. The van der Waals surface area contributed by atoms with E-state index in [0.717, 1.165) is 37.6 Å². The lowest BCUT2D eigenvalue weighted by Gasteiger charge is -2.35. The van der Waals surface area contributed by atoms with Crippen LogP contribution in [-0.4, -0.2) is 76.0 Å². The van der Waals surface area contributed by atoms with Crippen LogP contribution in [-0.2, 0) is 23.4 Å². The summed E-state index contributed by atoms with van der Waals surface area (Å²) >= 11 is 0. The Bertz CT molecular complexity index is 1780. The van der Waals surface area contributed by atoms with E-state index in [1.54, 1.807) is 16.8 Å². The van der Waals surface area contributed by atoms with E-state index in [1.807, 2.05) is 25.5 Å². The van der Waals surface area contributed by atoms with Gasteiger partial charge in [0, 0.05) is 51.3 Å². The molecule has 1 aromatic carbocycles. The first kappa shape index (κ1) is 33.4. The number of hydrogen-bond acceptors (Lipinski definition) is 8. The summed E-state index contributed by atoms with van der Waals surface area (Å²) in [6, 6.07) is 8.03. The highest BCUT2D eigenvalue weighted by atomic mass is 28.3. The predicted octanol–water partition coefficient (Wildman–Crippen LogP) is 5.60. The summed E-state index contributed by atoms with van der Waals surface area (Å²) < 4.78 is 40.8. The maximum atomic E-state index is 13.2. The topological polar surface area (TPSA) is 137 Å². The molecule has 1 amide bonds. The van der Waals surface area contributed by atoms with E-state index in [0.29, 0.717) is 46.8 Å². The first-order valence-corrected chi connectivity index (χ1v) is 19.2. The second-order valence-electron chi connectivity index (χ2n) is 14.1. The SMILES string of the molecule is CC(C)(C)c1nc2c(nc1-c1nn(CCCN3CC(C#N)C3)c3ccc(OC(F)F)cc13)c(C(N)=O)cn2COCC[Si](C)(C)C. The fraction of sp³-hybridized carbons (Fsp3) is 0.531. The minimum absolute atomic E-state index is 0.00258. The molecule has 4 heterocycles. The Labute approximate surface area is 268 Å². The summed E-state index contributed by atoms with van der Waals surface area (Å²) in [5, 5.41) is 14.6. The lowest BCUT2D eigenvalue weighted by Crippen LogP contribution is -2.46. The van der Waals surface area contributed by atoms with E-state index < -0.39 is 26.0 Å². The number of nitriles is 1. The van der Waals surface area contributed by atoms with Crippen LogP contribution in [0.5, 0.6) is 5.75 Å². The van der Waals surface area contributed by atoms with Crippen molar-refractivity contribution in [3.05, 3.63) is 35.7 Å². The lowest BCUT2D eigenvalue weighted by molar-refractivity contribution is -0.0497. The van der Waals surface area contributed by atoms with Crippen LogP contribution in [0.25, 0.3) is 33.5 Å². The molecule has 0 saturated carbocycles. The van der Waals surface area contributed by atoms with E-state index in [1.165, 1.54) is 12.1 Å². The first-order chi connectivity index (χ1) is 21.6. The fourth-order valence-corrected chi connectivity index (χ4v) is 6.31. The number of aryl methyl sites for hydroxylation is 1. The number of carbonyl (C=O) groups excluding carboxylic acids is 1. The Kier molecular flexibility index (Phi) is 9.49. The van der Waals surface area contributed by atoms with Crippen LogP contribution in [0.2, 0.25) is 25.7 Å². The van der Waals surface area contributed by atoms with Crippen LogP contribution in [0.15, 0.2) is 24.4 Å². The van der Waals surface area contributed by atoms with Gasteiger partial charge in [0.05, 0.1) is 28.8 Å². The lowest BCUT2D eigenvalue weighted by atomic mass is 9.89. The van der Waals surface area contributed by atoms with Crippen molar-refractivity contribution in [2.75, 3.05) is 26.2 Å². The van der Waals surface area contributed by atoms with Gasteiger partial charge >= 0.3 is 6.61 Å². The number of amides is 1. The number of primary amides is 1. The van der Waals surface area contributed by atoms with Gasteiger partial charge in [0.1, 0.15) is 29.4 Å². The van der Waals surface area contributed by atoms with Gasteiger partial charge in [-0.25, -0.2) is 9.97 Å². The molecule has 0 atom stereocenters. The predicted molar refractivity (Wildman–Crippen MR) is 174 cm³/mol. The average molecular weight is 653 g/mol. The molecule has 0 radical (unpaired) electrons. The van der Waals surface area contributed by atoms with Gasteiger partial charge in [-0.3, -0.25) is 9.48 Å². The molecular formula is C32H42F2N8O3Si. The first-order valence-electron chi connectivity index (χ1n) is 15.5. The average Bonchev–Trinajstić information content (AvgIpc) is 3.48. The highest BCUT2D eigenvalue weighted by Gasteiger charge is 2.30. The molecule has 0 unspecified atom stereocenters. The van der Waals surface area contributed by atoms with Gasteiger partial charge in [0.15, 0.2) is 5.65 Å². The number of hydrogen-bond donors (Lipinski definition) is 1. The Morgan fingerprint density at radius 2 is 1.91 bits per heavy atom. The Morgan fingerprint density at radius 1 is 1.17 bits per heavy atom. The number of likely N-dealkylation sites (tertiary alicyclic amines) is 1. The third-order valence-corrected chi connectivity index (χ3v) is 9.75. The molecule has 2 N–H and O–H groups in total. The number of nitrogens with zero attached hydrogens (tertiary/aromatic N) is 7. The maximum absolute atomic E-state index is 13.2. The van der Waals surface area contributed by atoms with Crippen LogP contribution in [0, 0.1) is 17.2 Å². The van der Waals surface area contributed by atoms with Crippen molar-refractivity contribution in [2.45, 2.75) is 78.2 Å². The third kappa shape index (κ3) is 7.37. The summed E-state index contributed by atoms with van der Waals surface area (Å²) in [6.07, 6.45) is 2.39. The van der Waals surface area contributed by atoms with Gasteiger partial charge in [-0.15, -0.1) is 0 Å². The molecule has 0 bridgehead atoms. The van der Waals surface area contributed by atoms with Gasteiger partial charge in [0.25, 0.3) is 5.91 Å². The molecule has 3 aromatic heterocycles. The highest BCUT2D eigenvalue weighted by Crippen LogP contribution is 2.37. The summed E-state index contributed by atoms with van der Waals surface area (Å²) in [6.45, 7) is 13.5. The molecule has 0 spiro atoms. The zero-order valence-electron chi connectivity index (χ0n) is 27.3. The molecule has 1 aliphatic heterocycles. The molecule has 14 heteroatoms. The third-order valence-electron chi connectivity index (χ3n) is 8.05. The van der Waals surface area contributed by atoms with Crippen molar-refractivity contribution < 1.29 is 23.0 Å².